The number of para-hydroxylation sites is 2. The molecule has 0 fully saturated rings. The Morgan fingerprint density at radius 2 is 0.486 bits per heavy atom. The summed E-state index contributed by atoms with van der Waals surface area (Å²) in [5.41, 5.74) is 18.8. The number of nitrogens with zero attached hydrogens (tertiary/aromatic N) is 2. The van der Waals surface area contributed by atoms with Gasteiger partial charge < -0.3 is 9.47 Å². The zero-order chi connectivity index (χ0) is 49.0. The summed E-state index contributed by atoms with van der Waals surface area (Å²) in [6.45, 7) is 0. The summed E-state index contributed by atoms with van der Waals surface area (Å²) in [5, 5.41) is 10.3. The normalized spacial score (nSPS) is 11.5. The van der Waals surface area contributed by atoms with Crippen molar-refractivity contribution in [2.45, 2.75) is 0 Å². The molecule has 0 spiro atoms. The molecule has 0 amide bonds. The van der Waals surface area contributed by atoms with Crippen molar-refractivity contribution in [2.24, 2.45) is 0 Å². The van der Waals surface area contributed by atoms with Crippen molar-refractivity contribution in [2.75, 3.05) is 4.90 Å². The number of hydrogen-bond donors (Lipinski definition) is 0. The molecule has 0 aliphatic heterocycles. The molecule has 0 bridgehead atoms. The third kappa shape index (κ3) is 7.60. The van der Waals surface area contributed by atoms with Crippen molar-refractivity contribution in [3.05, 3.63) is 291 Å². The molecule has 0 radical (unpaired) electrons. The lowest BCUT2D eigenvalue weighted by Crippen LogP contribution is -2.09. The Balaban J connectivity index is 0.754. The molecule has 1 heterocycles. The van der Waals surface area contributed by atoms with Crippen LogP contribution in [0.1, 0.15) is 0 Å². The molecule has 14 rings (SSSR count). The zero-order valence-corrected chi connectivity index (χ0v) is 40.6. The first-order valence-electron chi connectivity index (χ1n) is 25.5. The Morgan fingerprint density at radius 1 is 0.189 bits per heavy atom. The van der Waals surface area contributed by atoms with E-state index in [1.807, 2.05) is 0 Å². The maximum atomic E-state index is 2.37. The minimum Gasteiger partial charge on any atom is -0.311 e. The van der Waals surface area contributed by atoms with Crippen LogP contribution in [0.2, 0.25) is 0 Å². The molecule has 0 N–H and O–H groups in total. The van der Waals surface area contributed by atoms with E-state index in [-0.39, 0.29) is 0 Å². The summed E-state index contributed by atoms with van der Waals surface area (Å²) in [4.78, 5) is 2.35. The highest BCUT2D eigenvalue weighted by atomic mass is 15.1. The second-order valence-corrected chi connectivity index (χ2v) is 19.3. The SMILES string of the molecule is c1ccc(-c2ccc(N(c3ccc(-c4ccc(-c5ccc6c7ccccc7c7ccccc7c6c5)cc4)cc3)c3ccc(-c4ccc(-c5ccc6c(c5)c5ccccc5n6-c5ccccc5)cc4)cc3)cc2)cc1. The van der Waals surface area contributed by atoms with Gasteiger partial charge in [0.25, 0.3) is 0 Å². The highest BCUT2D eigenvalue weighted by Gasteiger charge is 2.17. The third-order valence-electron chi connectivity index (χ3n) is 15.0. The average molecular weight is 941 g/mol. The number of anilines is 3. The van der Waals surface area contributed by atoms with E-state index < -0.39 is 0 Å². The number of rotatable bonds is 9. The molecule has 2 nitrogen and oxygen atoms in total. The molecule has 2 heteroatoms. The molecule has 0 aliphatic carbocycles. The van der Waals surface area contributed by atoms with Gasteiger partial charge in [0.2, 0.25) is 0 Å². The molecular weight excluding hydrogens is 893 g/mol. The van der Waals surface area contributed by atoms with Gasteiger partial charge in [-0.3, -0.25) is 0 Å². The number of fused-ring (bicyclic) bond motifs is 9. The molecule has 13 aromatic carbocycles. The summed E-state index contributed by atoms with van der Waals surface area (Å²) in [6.07, 6.45) is 0. The second-order valence-electron chi connectivity index (χ2n) is 19.3. The van der Waals surface area contributed by atoms with Crippen LogP contribution in [0.25, 0.3) is 115 Å². The van der Waals surface area contributed by atoms with E-state index in [2.05, 4.69) is 301 Å². The average Bonchev–Trinajstić information content (AvgIpc) is 3.84. The van der Waals surface area contributed by atoms with Gasteiger partial charge in [-0.1, -0.05) is 218 Å². The largest absolute Gasteiger partial charge is 0.311 e. The van der Waals surface area contributed by atoms with Gasteiger partial charge >= 0.3 is 0 Å². The second kappa shape index (κ2) is 18.1. The first-order chi connectivity index (χ1) is 36.7. The van der Waals surface area contributed by atoms with Gasteiger partial charge in [-0.05, 0) is 161 Å². The number of benzene rings is 13. The molecular formula is C72H48N2. The smallest absolute Gasteiger partial charge is 0.0541 e. The van der Waals surface area contributed by atoms with Gasteiger partial charge in [0.15, 0.2) is 0 Å². The van der Waals surface area contributed by atoms with Crippen LogP contribution in [0.5, 0.6) is 0 Å². The van der Waals surface area contributed by atoms with Crippen molar-refractivity contribution in [1.82, 2.24) is 4.57 Å². The molecule has 1 aromatic heterocycles. The van der Waals surface area contributed by atoms with Crippen LogP contribution in [0, 0.1) is 0 Å². The fourth-order valence-electron chi connectivity index (χ4n) is 11.3. The lowest BCUT2D eigenvalue weighted by atomic mass is 9.92. The summed E-state index contributed by atoms with van der Waals surface area (Å²) in [5.74, 6) is 0. The van der Waals surface area contributed by atoms with Gasteiger partial charge in [-0.25, -0.2) is 0 Å². The van der Waals surface area contributed by atoms with Crippen molar-refractivity contribution >= 4 is 71.2 Å². The minimum atomic E-state index is 1.09. The van der Waals surface area contributed by atoms with Crippen LogP contribution < -0.4 is 4.90 Å². The van der Waals surface area contributed by atoms with Gasteiger partial charge in [-0.2, -0.15) is 0 Å². The molecule has 0 saturated carbocycles. The van der Waals surface area contributed by atoms with E-state index in [1.165, 1.54) is 115 Å². The fourth-order valence-corrected chi connectivity index (χ4v) is 11.3. The van der Waals surface area contributed by atoms with Crippen molar-refractivity contribution < 1.29 is 0 Å². The maximum absolute atomic E-state index is 2.37. The van der Waals surface area contributed by atoms with Crippen molar-refractivity contribution in [1.29, 1.82) is 0 Å². The van der Waals surface area contributed by atoms with E-state index in [4.69, 9.17) is 0 Å². The Morgan fingerprint density at radius 3 is 0.959 bits per heavy atom. The Bertz CT molecular complexity index is 4310. The topological polar surface area (TPSA) is 8.17 Å². The predicted molar refractivity (Wildman–Crippen MR) is 315 cm³/mol. The fraction of sp³-hybridized carbons (Fsp3) is 0. The lowest BCUT2D eigenvalue weighted by molar-refractivity contribution is 1.18. The van der Waals surface area contributed by atoms with E-state index in [1.54, 1.807) is 0 Å². The third-order valence-corrected chi connectivity index (χ3v) is 15.0. The molecule has 0 unspecified atom stereocenters. The van der Waals surface area contributed by atoms with Crippen LogP contribution in [-0.2, 0) is 0 Å². The van der Waals surface area contributed by atoms with E-state index in [0.29, 0.717) is 0 Å². The Labute approximate surface area is 430 Å². The van der Waals surface area contributed by atoms with E-state index in [0.717, 1.165) is 17.1 Å². The number of hydrogen-bond acceptors (Lipinski definition) is 1. The molecule has 346 valence electrons. The first-order valence-corrected chi connectivity index (χ1v) is 25.5. The summed E-state index contributed by atoms with van der Waals surface area (Å²) < 4.78 is 2.37. The quantitative estimate of drug-likeness (QED) is 0.131. The van der Waals surface area contributed by atoms with Gasteiger partial charge in [-0.15, -0.1) is 0 Å². The zero-order valence-electron chi connectivity index (χ0n) is 40.6. The van der Waals surface area contributed by atoms with Gasteiger partial charge in [0.05, 0.1) is 11.0 Å². The standard InChI is InChI=1S/C72H48N2/c1-3-13-49(14-4-1)52-31-39-60(40-32-52)73(61-41-33-53(34-42-61)50-23-27-55(28-24-50)57-37-45-67-65-19-8-7-17-63(65)64-18-9-10-20-66(64)69(67)47-57)62-43-35-54(36-44-62)51-25-29-56(30-26-51)58-38-46-72-70(48-58)68-21-11-12-22-71(68)74(72)59-15-5-2-6-16-59/h1-48H. The highest BCUT2D eigenvalue weighted by molar-refractivity contribution is 6.25. The van der Waals surface area contributed by atoms with Crippen LogP contribution >= 0.6 is 0 Å². The Hall–Kier alpha value is -9.76. The lowest BCUT2D eigenvalue weighted by Gasteiger charge is -2.26. The summed E-state index contributed by atoms with van der Waals surface area (Å²) in [6, 6.07) is 106. The minimum absolute atomic E-state index is 1.09. The predicted octanol–water partition coefficient (Wildman–Crippen LogP) is 20.0. The van der Waals surface area contributed by atoms with Crippen molar-refractivity contribution in [3.63, 3.8) is 0 Å². The summed E-state index contributed by atoms with van der Waals surface area (Å²) in [7, 11) is 0. The molecule has 0 atom stereocenters. The van der Waals surface area contributed by atoms with Crippen LogP contribution in [0.15, 0.2) is 291 Å². The van der Waals surface area contributed by atoms with E-state index in [9.17, 15) is 0 Å². The van der Waals surface area contributed by atoms with Gasteiger partial charge in [0, 0.05) is 33.5 Å². The molecule has 0 saturated heterocycles. The van der Waals surface area contributed by atoms with Crippen molar-refractivity contribution in [3.8, 4) is 61.3 Å². The molecule has 0 aliphatic rings. The monoisotopic (exact) mass is 940 g/mol. The maximum Gasteiger partial charge on any atom is 0.0541 e. The van der Waals surface area contributed by atoms with Crippen LogP contribution in [0.3, 0.4) is 0 Å². The van der Waals surface area contributed by atoms with E-state index >= 15 is 0 Å². The first kappa shape index (κ1) is 43.1. The van der Waals surface area contributed by atoms with Crippen LogP contribution in [0.4, 0.5) is 17.1 Å². The highest BCUT2D eigenvalue weighted by Crippen LogP contribution is 2.41. The van der Waals surface area contributed by atoms with Gasteiger partial charge in [0.1, 0.15) is 0 Å². The molecule has 14 aromatic rings. The summed E-state index contributed by atoms with van der Waals surface area (Å²) >= 11 is 0. The van der Waals surface area contributed by atoms with Crippen LogP contribution in [-0.4, -0.2) is 4.57 Å². The Kier molecular flexibility index (Phi) is 10.6. The molecule has 74 heavy (non-hydrogen) atoms. The number of aromatic nitrogens is 1.